The van der Waals surface area contributed by atoms with Crippen LogP contribution in [0.3, 0.4) is 0 Å². The average molecular weight is 550 g/mol. The van der Waals surface area contributed by atoms with Gasteiger partial charge >= 0.3 is 0 Å². The molecule has 8 rings (SSSR count). The molecule has 1 aliphatic rings. The van der Waals surface area contributed by atoms with Crippen LogP contribution in [0.4, 0.5) is 0 Å². The Bertz CT molecular complexity index is 2050. The smallest absolute Gasteiger partial charge is 0.152 e. The summed E-state index contributed by atoms with van der Waals surface area (Å²) in [4.78, 5) is 0. The Hall–Kier alpha value is -4.43. The molecule has 0 saturated heterocycles. The van der Waals surface area contributed by atoms with Crippen LogP contribution in [0.2, 0.25) is 0 Å². The van der Waals surface area contributed by atoms with Crippen molar-refractivity contribution in [1.82, 2.24) is 4.57 Å². The van der Waals surface area contributed by atoms with Crippen molar-refractivity contribution in [3.63, 3.8) is 0 Å². The Morgan fingerprint density at radius 2 is 1.10 bits per heavy atom. The minimum Gasteiger partial charge on any atom is -0.453 e. The van der Waals surface area contributed by atoms with Crippen molar-refractivity contribution in [1.29, 1.82) is 0 Å². The van der Waals surface area contributed by atoms with Crippen molar-refractivity contribution in [2.45, 2.75) is 0 Å². The second-order valence-corrected chi connectivity index (χ2v) is 14.5. The number of rotatable bonds is 4. The molecule has 0 atom stereocenters. The zero-order valence-electron chi connectivity index (χ0n) is 21.6. The van der Waals surface area contributed by atoms with Gasteiger partial charge in [0, 0.05) is 16.8 Å². The van der Waals surface area contributed by atoms with Crippen LogP contribution >= 0.6 is 6.04 Å². The third-order valence-electron chi connectivity index (χ3n) is 7.88. The Kier molecular flexibility index (Phi) is 5.31. The van der Waals surface area contributed by atoms with Gasteiger partial charge in [-0.2, -0.15) is 0 Å². The standard InChI is InChI=1S/C36H24NOPS/c40-39(27-10-3-1-4-11-27,28-12-5-2-6-13-28)29-21-18-25(19-22-29)26-20-23-33-35(24-26)38-34-17-9-15-31-30-14-7-8-16-32(30)37(33)36(31)34/h1-24H. The number of nitrogens with zero attached hydrogens (tertiary/aromatic N) is 1. The maximum absolute atomic E-state index is 6.53. The molecule has 0 aliphatic carbocycles. The minimum atomic E-state index is -2.18. The van der Waals surface area contributed by atoms with E-state index in [-0.39, 0.29) is 0 Å². The molecule has 0 fully saturated rings. The lowest BCUT2D eigenvalue weighted by Crippen LogP contribution is -2.24. The molecule has 0 bridgehead atoms. The highest BCUT2D eigenvalue weighted by Gasteiger charge is 2.26. The summed E-state index contributed by atoms with van der Waals surface area (Å²) in [5.74, 6) is 1.75. The van der Waals surface area contributed by atoms with Crippen LogP contribution in [-0.2, 0) is 11.8 Å². The molecule has 6 aromatic carbocycles. The van der Waals surface area contributed by atoms with E-state index in [1.54, 1.807) is 0 Å². The number of aromatic nitrogens is 1. The molecule has 0 spiro atoms. The SMILES string of the molecule is S=P(c1ccccc1)(c1ccccc1)c1ccc(-c2ccc3c(c2)Oc2cccc4c5ccccc5n-3c24)cc1. The fourth-order valence-electron chi connectivity index (χ4n) is 5.99. The van der Waals surface area contributed by atoms with Gasteiger partial charge in [-0.25, -0.2) is 0 Å². The maximum atomic E-state index is 6.53. The first kappa shape index (κ1) is 23.5. The van der Waals surface area contributed by atoms with Gasteiger partial charge in [-0.05, 0) is 51.3 Å². The Morgan fingerprint density at radius 3 is 1.82 bits per heavy atom. The van der Waals surface area contributed by atoms with Crippen molar-refractivity contribution >= 4 is 55.6 Å². The van der Waals surface area contributed by atoms with E-state index in [2.05, 4.69) is 150 Å². The van der Waals surface area contributed by atoms with Crippen LogP contribution in [0.15, 0.2) is 146 Å². The third kappa shape index (κ3) is 3.45. The summed E-state index contributed by atoms with van der Waals surface area (Å²) in [7, 11) is 0. The molecular formula is C36H24NOPS. The molecule has 2 heterocycles. The summed E-state index contributed by atoms with van der Waals surface area (Å²) in [6.07, 6.45) is 0. The first-order chi connectivity index (χ1) is 19.7. The predicted octanol–water partition coefficient (Wildman–Crippen LogP) is 8.31. The van der Waals surface area contributed by atoms with E-state index >= 15 is 0 Å². The summed E-state index contributed by atoms with van der Waals surface area (Å²) < 4.78 is 8.84. The fourth-order valence-corrected chi connectivity index (χ4v) is 9.73. The molecule has 0 N–H and O–H groups in total. The van der Waals surface area contributed by atoms with Gasteiger partial charge in [-0.15, -0.1) is 0 Å². The number of benzene rings is 6. The van der Waals surface area contributed by atoms with E-state index < -0.39 is 6.04 Å². The van der Waals surface area contributed by atoms with Gasteiger partial charge in [0.05, 0.1) is 16.7 Å². The molecule has 0 unspecified atom stereocenters. The predicted molar refractivity (Wildman–Crippen MR) is 172 cm³/mol. The molecule has 4 heteroatoms. The summed E-state index contributed by atoms with van der Waals surface area (Å²) >= 11 is 6.53. The molecule has 190 valence electrons. The molecule has 2 nitrogen and oxygen atoms in total. The van der Waals surface area contributed by atoms with Gasteiger partial charge in [0.15, 0.2) is 11.5 Å². The van der Waals surface area contributed by atoms with Gasteiger partial charge in [0.25, 0.3) is 0 Å². The molecular weight excluding hydrogens is 525 g/mol. The van der Waals surface area contributed by atoms with Crippen LogP contribution in [0.5, 0.6) is 11.5 Å². The van der Waals surface area contributed by atoms with E-state index in [1.807, 2.05) is 0 Å². The van der Waals surface area contributed by atoms with Crippen LogP contribution in [-0.4, -0.2) is 4.57 Å². The number of hydrogen-bond donors (Lipinski definition) is 0. The van der Waals surface area contributed by atoms with Crippen molar-refractivity contribution in [3.05, 3.63) is 146 Å². The summed E-state index contributed by atoms with van der Waals surface area (Å²) in [5.41, 5.74) is 5.64. The quantitative estimate of drug-likeness (QED) is 0.205. The highest BCUT2D eigenvalue weighted by atomic mass is 32.4. The lowest BCUT2D eigenvalue weighted by molar-refractivity contribution is 0.476. The number of ether oxygens (including phenoxy) is 1. The van der Waals surface area contributed by atoms with E-state index in [1.165, 1.54) is 32.2 Å². The van der Waals surface area contributed by atoms with Crippen molar-refractivity contribution < 1.29 is 4.74 Å². The third-order valence-corrected chi connectivity index (χ3v) is 12.9. The van der Waals surface area contributed by atoms with Crippen LogP contribution in [0.25, 0.3) is 38.6 Å². The van der Waals surface area contributed by atoms with Gasteiger partial charge in [-0.3, -0.25) is 0 Å². The van der Waals surface area contributed by atoms with Gasteiger partial charge in [0.1, 0.15) is 0 Å². The largest absolute Gasteiger partial charge is 0.453 e. The van der Waals surface area contributed by atoms with Crippen molar-refractivity contribution in [2.24, 2.45) is 0 Å². The molecule has 0 saturated carbocycles. The van der Waals surface area contributed by atoms with E-state index in [0.29, 0.717) is 0 Å². The molecule has 7 aromatic rings. The summed E-state index contributed by atoms with van der Waals surface area (Å²) in [6, 6.07) is 49.2. The monoisotopic (exact) mass is 549 g/mol. The van der Waals surface area contributed by atoms with Crippen LogP contribution < -0.4 is 20.7 Å². The van der Waals surface area contributed by atoms with E-state index in [9.17, 15) is 0 Å². The molecule has 1 aliphatic heterocycles. The van der Waals surface area contributed by atoms with Crippen LogP contribution in [0.1, 0.15) is 0 Å². The van der Waals surface area contributed by atoms with Gasteiger partial charge < -0.3 is 9.30 Å². The fraction of sp³-hybridized carbons (Fsp3) is 0. The molecule has 40 heavy (non-hydrogen) atoms. The minimum absolute atomic E-state index is 0.863. The Labute approximate surface area is 238 Å². The lowest BCUT2D eigenvalue weighted by Gasteiger charge is -2.24. The average Bonchev–Trinajstić information content (AvgIpc) is 3.37. The van der Waals surface area contributed by atoms with E-state index in [0.717, 1.165) is 33.8 Å². The lowest BCUT2D eigenvalue weighted by atomic mass is 10.0. The van der Waals surface area contributed by atoms with E-state index in [4.69, 9.17) is 16.5 Å². The summed E-state index contributed by atoms with van der Waals surface area (Å²) in [5, 5.41) is 6.05. The zero-order chi connectivity index (χ0) is 26.7. The number of para-hydroxylation sites is 2. The van der Waals surface area contributed by atoms with Gasteiger partial charge in [-0.1, -0.05) is 133 Å². The topological polar surface area (TPSA) is 14.2 Å². The Balaban J connectivity index is 1.23. The van der Waals surface area contributed by atoms with Crippen molar-refractivity contribution in [3.8, 4) is 28.3 Å². The maximum Gasteiger partial charge on any atom is 0.152 e. The highest BCUT2D eigenvalue weighted by molar-refractivity contribution is 8.25. The second-order valence-electron chi connectivity index (χ2n) is 10.1. The molecule has 0 radical (unpaired) electrons. The number of fused-ring (bicyclic) bond motifs is 5. The van der Waals surface area contributed by atoms with Gasteiger partial charge in [0.2, 0.25) is 0 Å². The normalized spacial score (nSPS) is 12.3. The molecule has 1 aromatic heterocycles. The van der Waals surface area contributed by atoms with Crippen LogP contribution in [0, 0.1) is 0 Å². The highest BCUT2D eigenvalue weighted by Crippen LogP contribution is 2.47. The summed E-state index contributed by atoms with van der Waals surface area (Å²) in [6.45, 7) is 0. The molecule has 0 amide bonds. The van der Waals surface area contributed by atoms with Crippen molar-refractivity contribution in [2.75, 3.05) is 0 Å². The zero-order valence-corrected chi connectivity index (χ0v) is 23.3. The first-order valence-corrected chi connectivity index (χ1v) is 16.2. The first-order valence-electron chi connectivity index (χ1n) is 13.4. The number of hydrogen-bond acceptors (Lipinski definition) is 2. The second kappa shape index (κ2) is 9.06. The Morgan fingerprint density at radius 1 is 0.500 bits per heavy atom.